The Morgan fingerprint density at radius 2 is 1.93 bits per heavy atom. The molecule has 3 aromatic rings. The monoisotopic (exact) mass is 565 g/mol. The van der Waals surface area contributed by atoms with Gasteiger partial charge < -0.3 is 30.3 Å². The highest BCUT2D eigenvalue weighted by atomic mass is 32.1. The van der Waals surface area contributed by atoms with Crippen molar-refractivity contribution in [2.75, 3.05) is 26.1 Å². The molecule has 0 bridgehead atoms. The maximum atomic E-state index is 13.4. The fraction of sp³-hybridized carbons (Fsp3) is 0.484. The van der Waals surface area contributed by atoms with Crippen LogP contribution in [0.1, 0.15) is 55.2 Å². The molecule has 1 fully saturated rings. The lowest BCUT2D eigenvalue weighted by molar-refractivity contribution is -0.144. The SMILES string of the molecule is COc1ccc(OC)c(Nc2nc3c(s2)CC2C(C)(CO)C(O)CCC2(C)C3CC(=O)NCc2ccccc2)c1. The van der Waals surface area contributed by atoms with Gasteiger partial charge in [-0.3, -0.25) is 4.79 Å². The molecule has 214 valence electrons. The third-order valence-electron chi connectivity index (χ3n) is 9.26. The predicted molar refractivity (Wildman–Crippen MR) is 156 cm³/mol. The van der Waals surface area contributed by atoms with Crippen LogP contribution in [0.15, 0.2) is 48.5 Å². The molecule has 40 heavy (non-hydrogen) atoms. The van der Waals surface area contributed by atoms with Crippen molar-refractivity contribution in [2.24, 2.45) is 16.7 Å². The minimum Gasteiger partial charge on any atom is -0.497 e. The molecule has 0 aliphatic heterocycles. The molecule has 9 heteroatoms. The highest BCUT2D eigenvalue weighted by molar-refractivity contribution is 7.15. The first-order valence-electron chi connectivity index (χ1n) is 13.8. The van der Waals surface area contributed by atoms with Gasteiger partial charge in [0.2, 0.25) is 5.91 Å². The Morgan fingerprint density at radius 3 is 2.62 bits per heavy atom. The molecule has 8 nitrogen and oxygen atoms in total. The van der Waals surface area contributed by atoms with Crippen LogP contribution < -0.4 is 20.1 Å². The predicted octanol–water partition coefficient (Wildman–Crippen LogP) is 5.03. The number of fused-ring (bicyclic) bond motifs is 2. The van der Waals surface area contributed by atoms with Crippen LogP contribution in [0.5, 0.6) is 11.5 Å². The molecule has 1 saturated carbocycles. The first kappa shape index (κ1) is 28.4. The largest absolute Gasteiger partial charge is 0.497 e. The van der Waals surface area contributed by atoms with E-state index in [9.17, 15) is 15.0 Å². The average molecular weight is 566 g/mol. The smallest absolute Gasteiger partial charge is 0.220 e. The van der Waals surface area contributed by atoms with Crippen LogP contribution in [-0.4, -0.2) is 48.0 Å². The number of aromatic nitrogens is 1. The zero-order chi connectivity index (χ0) is 28.5. The second-order valence-electron chi connectivity index (χ2n) is 11.5. The lowest BCUT2D eigenvalue weighted by Gasteiger charge is -2.58. The molecule has 5 unspecified atom stereocenters. The van der Waals surface area contributed by atoms with Gasteiger partial charge in [0.15, 0.2) is 5.13 Å². The van der Waals surface area contributed by atoms with Gasteiger partial charge in [-0.25, -0.2) is 4.98 Å². The average Bonchev–Trinajstić information content (AvgIpc) is 3.37. The van der Waals surface area contributed by atoms with E-state index in [2.05, 4.69) is 17.6 Å². The van der Waals surface area contributed by atoms with Crippen molar-refractivity contribution in [1.29, 1.82) is 0 Å². The normalized spacial score (nSPS) is 27.3. The van der Waals surface area contributed by atoms with Gasteiger partial charge in [-0.1, -0.05) is 44.2 Å². The Morgan fingerprint density at radius 1 is 1.15 bits per heavy atom. The fourth-order valence-corrected chi connectivity index (χ4v) is 7.86. The zero-order valence-electron chi connectivity index (χ0n) is 23.6. The van der Waals surface area contributed by atoms with E-state index in [0.717, 1.165) is 28.2 Å². The maximum absolute atomic E-state index is 13.4. The van der Waals surface area contributed by atoms with Crippen molar-refractivity contribution in [1.82, 2.24) is 10.3 Å². The highest BCUT2D eigenvalue weighted by Gasteiger charge is 2.59. The summed E-state index contributed by atoms with van der Waals surface area (Å²) in [4.78, 5) is 19.5. The van der Waals surface area contributed by atoms with Crippen molar-refractivity contribution < 1.29 is 24.5 Å². The molecule has 0 saturated heterocycles. The molecule has 0 spiro atoms. The number of anilines is 2. The number of hydrogen-bond donors (Lipinski definition) is 4. The minimum atomic E-state index is -0.670. The summed E-state index contributed by atoms with van der Waals surface area (Å²) in [5.74, 6) is 1.17. The summed E-state index contributed by atoms with van der Waals surface area (Å²) in [5, 5.41) is 28.8. The molecule has 2 aliphatic rings. The number of methoxy groups -OCH3 is 2. The van der Waals surface area contributed by atoms with Crippen molar-refractivity contribution in [3.05, 3.63) is 64.7 Å². The van der Waals surface area contributed by atoms with Crippen LogP contribution in [0.4, 0.5) is 10.8 Å². The third-order valence-corrected chi connectivity index (χ3v) is 10.3. The molecule has 0 radical (unpaired) electrons. The van der Waals surface area contributed by atoms with E-state index in [1.54, 1.807) is 25.6 Å². The second kappa shape index (κ2) is 11.4. The number of nitrogens with zero attached hydrogens (tertiary/aromatic N) is 1. The summed E-state index contributed by atoms with van der Waals surface area (Å²) in [6, 6.07) is 15.4. The molecular formula is C31H39N3O5S. The Balaban J connectivity index is 1.49. The first-order valence-corrected chi connectivity index (χ1v) is 14.6. The Labute approximate surface area is 239 Å². The number of rotatable bonds is 9. The number of thiazole rings is 1. The maximum Gasteiger partial charge on any atom is 0.220 e. The third kappa shape index (κ3) is 5.18. The Bertz CT molecular complexity index is 1350. The number of hydrogen-bond acceptors (Lipinski definition) is 8. The molecule has 1 aromatic heterocycles. The van der Waals surface area contributed by atoms with E-state index in [1.807, 2.05) is 55.5 Å². The van der Waals surface area contributed by atoms with Gasteiger partial charge in [0.1, 0.15) is 11.5 Å². The fourth-order valence-electron chi connectivity index (χ4n) is 6.78. The standard InChI is InChI=1S/C31H39N3O5S/c1-30-13-12-26(36)31(2,18-35)25(30)16-24-28(21(30)15-27(37)32-17-19-8-6-5-7-9-19)34-29(40-24)33-22-14-20(38-3)10-11-23(22)39-4/h5-11,14,21,25-26,35-36H,12-13,15-18H2,1-4H3,(H,32,37)(H,33,34). The summed E-state index contributed by atoms with van der Waals surface area (Å²) in [6.07, 6.45) is 1.72. The van der Waals surface area contributed by atoms with Crippen LogP contribution in [0.3, 0.4) is 0 Å². The molecule has 1 amide bonds. The summed E-state index contributed by atoms with van der Waals surface area (Å²) in [5.41, 5.74) is 1.73. The summed E-state index contributed by atoms with van der Waals surface area (Å²) in [7, 11) is 3.24. The van der Waals surface area contributed by atoms with Gasteiger partial charge in [-0.05, 0) is 48.3 Å². The summed E-state index contributed by atoms with van der Waals surface area (Å²) >= 11 is 1.56. The molecular weight excluding hydrogens is 526 g/mol. The minimum absolute atomic E-state index is 0.00664. The van der Waals surface area contributed by atoms with E-state index in [-0.39, 0.29) is 36.2 Å². The van der Waals surface area contributed by atoms with Gasteiger partial charge in [0.05, 0.1) is 38.3 Å². The van der Waals surface area contributed by atoms with Crippen LogP contribution in [0.2, 0.25) is 0 Å². The van der Waals surface area contributed by atoms with Crippen LogP contribution in [0, 0.1) is 16.7 Å². The zero-order valence-corrected chi connectivity index (χ0v) is 24.4. The molecule has 2 aliphatic carbocycles. The molecule has 5 atom stereocenters. The Kier molecular flexibility index (Phi) is 8.08. The molecule has 1 heterocycles. The molecule has 2 aromatic carbocycles. The first-order chi connectivity index (χ1) is 19.2. The lowest BCUT2D eigenvalue weighted by atomic mass is 9.47. The number of amides is 1. The number of nitrogens with one attached hydrogen (secondary N) is 2. The van der Waals surface area contributed by atoms with Gasteiger partial charge in [0.25, 0.3) is 0 Å². The van der Waals surface area contributed by atoms with E-state index < -0.39 is 11.5 Å². The van der Waals surface area contributed by atoms with Crippen LogP contribution >= 0.6 is 11.3 Å². The van der Waals surface area contributed by atoms with Crippen molar-refractivity contribution in [3.63, 3.8) is 0 Å². The van der Waals surface area contributed by atoms with Gasteiger partial charge in [-0.2, -0.15) is 0 Å². The van der Waals surface area contributed by atoms with Gasteiger partial charge >= 0.3 is 0 Å². The molecule has 4 N–H and O–H groups in total. The van der Waals surface area contributed by atoms with E-state index in [1.165, 1.54) is 0 Å². The quantitative estimate of drug-likeness (QED) is 0.288. The lowest BCUT2D eigenvalue weighted by Crippen LogP contribution is -2.57. The van der Waals surface area contributed by atoms with Crippen LogP contribution in [-0.2, 0) is 17.8 Å². The number of ether oxygens (including phenoxy) is 2. The van der Waals surface area contributed by atoms with Crippen molar-refractivity contribution in [2.45, 2.75) is 58.1 Å². The number of benzene rings is 2. The van der Waals surface area contributed by atoms with Crippen molar-refractivity contribution in [3.8, 4) is 11.5 Å². The van der Waals surface area contributed by atoms with E-state index in [4.69, 9.17) is 14.5 Å². The number of carbonyl (C=O) groups excluding carboxylic acids is 1. The topological polar surface area (TPSA) is 113 Å². The van der Waals surface area contributed by atoms with E-state index in [0.29, 0.717) is 36.0 Å². The Hall–Kier alpha value is -3.14. The second-order valence-corrected chi connectivity index (χ2v) is 12.6. The number of aliphatic hydroxyl groups excluding tert-OH is 2. The van der Waals surface area contributed by atoms with Crippen LogP contribution in [0.25, 0.3) is 0 Å². The molecule has 5 rings (SSSR count). The summed E-state index contributed by atoms with van der Waals surface area (Å²) in [6.45, 7) is 4.55. The summed E-state index contributed by atoms with van der Waals surface area (Å²) < 4.78 is 11.0. The van der Waals surface area contributed by atoms with E-state index >= 15 is 0 Å². The highest BCUT2D eigenvalue weighted by Crippen LogP contribution is 2.63. The number of carbonyl (C=O) groups is 1. The van der Waals surface area contributed by atoms with Crippen molar-refractivity contribution >= 4 is 28.1 Å². The van der Waals surface area contributed by atoms with Gasteiger partial charge in [-0.15, -0.1) is 11.3 Å². The number of aliphatic hydroxyl groups is 2. The van der Waals surface area contributed by atoms with Gasteiger partial charge in [0, 0.05) is 35.2 Å².